The van der Waals surface area contributed by atoms with Gasteiger partial charge in [0, 0.05) is 19.1 Å². The Morgan fingerprint density at radius 3 is 3.00 bits per heavy atom. The minimum atomic E-state index is 0.0494. The Balaban J connectivity index is 2.17. The van der Waals surface area contributed by atoms with E-state index in [9.17, 15) is 4.79 Å². The molecular weight excluding hydrogens is 236 g/mol. The van der Waals surface area contributed by atoms with E-state index in [-0.39, 0.29) is 5.91 Å². The Hall–Kier alpha value is -1.06. The lowest BCUT2D eigenvalue weighted by Crippen LogP contribution is -2.40. The van der Waals surface area contributed by atoms with Crippen molar-refractivity contribution >= 4 is 17.5 Å². The first-order valence-electron chi connectivity index (χ1n) is 5.94. The Morgan fingerprint density at radius 2 is 2.29 bits per heavy atom. The van der Waals surface area contributed by atoms with Crippen molar-refractivity contribution in [1.82, 2.24) is 10.2 Å². The van der Waals surface area contributed by atoms with Crippen LogP contribution in [0.5, 0.6) is 0 Å². The fourth-order valence-corrected chi connectivity index (χ4v) is 2.56. The Labute approximate surface area is 107 Å². The lowest BCUT2D eigenvalue weighted by atomic mass is 10.1. The number of carbonyl (C=O) groups is 1. The van der Waals surface area contributed by atoms with Crippen LogP contribution in [0.3, 0.4) is 0 Å². The van der Waals surface area contributed by atoms with Crippen molar-refractivity contribution in [1.29, 1.82) is 0 Å². The lowest BCUT2D eigenvalue weighted by molar-refractivity contribution is 0.0737. The molecule has 1 saturated heterocycles. The average Bonchev–Trinajstić information content (AvgIpc) is 2.78. The predicted molar refractivity (Wildman–Crippen MR) is 69.4 cm³/mol. The maximum Gasteiger partial charge on any atom is 0.255 e. The number of carbonyl (C=O) groups excluding carboxylic acids is 1. The molecule has 0 aliphatic carbocycles. The van der Waals surface area contributed by atoms with Crippen LogP contribution in [0.15, 0.2) is 24.3 Å². The number of likely N-dealkylation sites (tertiary alicyclic amines) is 1. The number of benzene rings is 1. The van der Waals surface area contributed by atoms with Gasteiger partial charge in [-0.1, -0.05) is 23.7 Å². The fourth-order valence-electron chi connectivity index (χ4n) is 2.34. The van der Waals surface area contributed by atoms with Crippen LogP contribution < -0.4 is 5.32 Å². The topological polar surface area (TPSA) is 32.3 Å². The molecule has 1 heterocycles. The van der Waals surface area contributed by atoms with Gasteiger partial charge < -0.3 is 10.2 Å². The maximum atomic E-state index is 12.4. The van der Waals surface area contributed by atoms with E-state index in [2.05, 4.69) is 5.32 Å². The van der Waals surface area contributed by atoms with Crippen LogP contribution in [-0.2, 0) is 0 Å². The summed E-state index contributed by atoms with van der Waals surface area (Å²) in [7, 11) is 1.91. The summed E-state index contributed by atoms with van der Waals surface area (Å²) < 4.78 is 0. The van der Waals surface area contributed by atoms with Gasteiger partial charge in [0.25, 0.3) is 5.91 Å². The van der Waals surface area contributed by atoms with Gasteiger partial charge in [-0.05, 0) is 32.0 Å². The normalized spacial score (nSPS) is 19.6. The van der Waals surface area contributed by atoms with Gasteiger partial charge >= 0.3 is 0 Å². The molecule has 4 heteroatoms. The first-order chi connectivity index (χ1) is 8.24. The van der Waals surface area contributed by atoms with Crippen LogP contribution >= 0.6 is 11.6 Å². The summed E-state index contributed by atoms with van der Waals surface area (Å²) >= 11 is 6.06. The quantitative estimate of drug-likeness (QED) is 0.894. The van der Waals surface area contributed by atoms with Crippen LogP contribution in [0.25, 0.3) is 0 Å². The van der Waals surface area contributed by atoms with Crippen LogP contribution in [0.4, 0.5) is 0 Å². The maximum absolute atomic E-state index is 12.4. The molecule has 17 heavy (non-hydrogen) atoms. The van der Waals surface area contributed by atoms with Crippen molar-refractivity contribution < 1.29 is 4.79 Å². The zero-order valence-electron chi connectivity index (χ0n) is 9.95. The van der Waals surface area contributed by atoms with E-state index < -0.39 is 0 Å². The molecule has 0 bridgehead atoms. The highest BCUT2D eigenvalue weighted by atomic mass is 35.5. The summed E-state index contributed by atoms with van der Waals surface area (Å²) in [5.41, 5.74) is 0.608. The summed E-state index contributed by atoms with van der Waals surface area (Å²) in [6, 6.07) is 7.54. The molecule has 0 aromatic heterocycles. The van der Waals surface area contributed by atoms with Crippen LogP contribution in [0.1, 0.15) is 23.2 Å². The molecule has 0 radical (unpaired) electrons. The number of rotatable bonds is 3. The standard InChI is InChI=1S/C13H17ClN2O/c1-15-9-10-5-4-8-16(10)13(17)11-6-2-3-7-12(11)14/h2-3,6-7,10,15H,4-5,8-9H2,1H3. The highest BCUT2D eigenvalue weighted by molar-refractivity contribution is 6.33. The van der Waals surface area contributed by atoms with E-state index in [0.29, 0.717) is 16.6 Å². The molecule has 2 rings (SSSR count). The van der Waals surface area contributed by atoms with E-state index in [4.69, 9.17) is 11.6 Å². The van der Waals surface area contributed by atoms with Crippen LogP contribution in [0, 0.1) is 0 Å². The van der Waals surface area contributed by atoms with Crippen molar-refractivity contribution in [3.63, 3.8) is 0 Å². The molecule has 1 amide bonds. The molecule has 1 aromatic carbocycles. The number of amides is 1. The third kappa shape index (κ3) is 2.61. The van der Waals surface area contributed by atoms with Gasteiger partial charge in [0.2, 0.25) is 0 Å². The first kappa shape index (κ1) is 12.4. The molecule has 0 saturated carbocycles. The summed E-state index contributed by atoms with van der Waals surface area (Å²) in [6.07, 6.45) is 2.14. The molecule has 1 atom stereocenters. The molecule has 1 N–H and O–H groups in total. The molecule has 1 aliphatic rings. The number of hydrogen-bond donors (Lipinski definition) is 1. The smallest absolute Gasteiger partial charge is 0.255 e. The van der Waals surface area contributed by atoms with E-state index in [1.165, 1.54) is 0 Å². The molecule has 92 valence electrons. The van der Waals surface area contributed by atoms with Gasteiger partial charge in [-0.2, -0.15) is 0 Å². The number of hydrogen-bond acceptors (Lipinski definition) is 2. The molecule has 3 nitrogen and oxygen atoms in total. The Bertz CT molecular complexity index is 408. The lowest BCUT2D eigenvalue weighted by Gasteiger charge is -2.24. The SMILES string of the molecule is CNCC1CCCN1C(=O)c1ccccc1Cl. The molecule has 0 spiro atoms. The molecular formula is C13H17ClN2O. The highest BCUT2D eigenvalue weighted by Crippen LogP contribution is 2.23. The summed E-state index contributed by atoms with van der Waals surface area (Å²) in [6.45, 7) is 1.67. The number of nitrogens with one attached hydrogen (secondary N) is 1. The predicted octanol–water partition coefficient (Wildman–Crippen LogP) is 2.16. The van der Waals surface area contributed by atoms with E-state index >= 15 is 0 Å². The first-order valence-corrected chi connectivity index (χ1v) is 6.32. The van der Waals surface area contributed by atoms with Gasteiger partial charge in [0.05, 0.1) is 10.6 Å². The summed E-state index contributed by atoms with van der Waals surface area (Å²) in [4.78, 5) is 14.3. The number of halogens is 1. The second-order valence-electron chi connectivity index (χ2n) is 4.33. The number of likely N-dealkylation sites (N-methyl/N-ethyl adjacent to an activating group) is 1. The third-order valence-electron chi connectivity index (χ3n) is 3.18. The van der Waals surface area contributed by atoms with E-state index in [1.807, 2.05) is 24.1 Å². The van der Waals surface area contributed by atoms with Crippen molar-refractivity contribution in [2.75, 3.05) is 20.1 Å². The van der Waals surface area contributed by atoms with E-state index in [0.717, 1.165) is 25.9 Å². The van der Waals surface area contributed by atoms with Crippen molar-refractivity contribution in [3.8, 4) is 0 Å². The van der Waals surface area contributed by atoms with Gasteiger partial charge in [-0.25, -0.2) is 0 Å². The van der Waals surface area contributed by atoms with Crippen molar-refractivity contribution in [3.05, 3.63) is 34.9 Å². The second kappa shape index (κ2) is 5.52. The van der Waals surface area contributed by atoms with Gasteiger partial charge in [-0.15, -0.1) is 0 Å². The molecule has 1 aliphatic heterocycles. The number of nitrogens with zero attached hydrogens (tertiary/aromatic N) is 1. The molecule has 1 unspecified atom stereocenters. The Kier molecular flexibility index (Phi) is 4.02. The monoisotopic (exact) mass is 252 g/mol. The largest absolute Gasteiger partial charge is 0.334 e. The average molecular weight is 253 g/mol. The fraction of sp³-hybridized carbons (Fsp3) is 0.462. The van der Waals surface area contributed by atoms with Gasteiger partial charge in [-0.3, -0.25) is 4.79 Å². The van der Waals surface area contributed by atoms with Crippen LogP contribution in [0.2, 0.25) is 5.02 Å². The van der Waals surface area contributed by atoms with Crippen LogP contribution in [-0.4, -0.2) is 37.0 Å². The summed E-state index contributed by atoms with van der Waals surface area (Å²) in [5.74, 6) is 0.0494. The highest BCUT2D eigenvalue weighted by Gasteiger charge is 2.29. The minimum absolute atomic E-state index is 0.0494. The zero-order valence-corrected chi connectivity index (χ0v) is 10.7. The van der Waals surface area contributed by atoms with E-state index in [1.54, 1.807) is 12.1 Å². The zero-order chi connectivity index (χ0) is 12.3. The Morgan fingerprint density at radius 1 is 1.53 bits per heavy atom. The molecule has 1 aromatic rings. The molecule has 1 fully saturated rings. The minimum Gasteiger partial charge on any atom is -0.334 e. The van der Waals surface area contributed by atoms with Gasteiger partial charge in [0.1, 0.15) is 0 Å². The third-order valence-corrected chi connectivity index (χ3v) is 3.51. The van der Waals surface area contributed by atoms with Crippen molar-refractivity contribution in [2.24, 2.45) is 0 Å². The van der Waals surface area contributed by atoms with Gasteiger partial charge in [0.15, 0.2) is 0 Å². The van der Waals surface area contributed by atoms with Crippen molar-refractivity contribution in [2.45, 2.75) is 18.9 Å². The second-order valence-corrected chi connectivity index (χ2v) is 4.74. The summed E-state index contributed by atoms with van der Waals surface area (Å²) in [5, 5.41) is 3.67.